The van der Waals surface area contributed by atoms with Gasteiger partial charge in [-0.15, -0.1) is 0 Å². The summed E-state index contributed by atoms with van der Waals surface area (Å²) in [6.07, 6.45) is 1.14. The zero-order valence-corrected chi connectivity index (χ0v) is 16.3. The lowest BCUT2D eigenvalue weighted by atomic mass is 9.97. The van der Waals surface area contributed by atoms with E-state index < -0.39 is 5.91 Å². The summed E-state index contributed by atoms with van der Waals surface area (Å²) in [5.41, 5.74) is 8.30. The van der Waals surface area contributed by atoms with Gasteiger partial charge in [0.05, 0.1) is 13.2 Å². The number of nitrogens with two attached hydrogens (primary N) is 1. The summed E-state index contributed by atoms with van der Waals surface area (Å²) in [7, 11) is 1.45. The van der Waals surface area contributed by atoms with Gasteiger partial charge < -0.3 is 25.8 Å². The van der Waals surface area contributed by atoms with E-state index in [1.165, 1.54) is 7.11 Å². The van der Waals surface area contributed by atoms with Gasteiger partial charge in [-0.05, 0) is 48.7 Å². The van der Waals surface area contributed by atoms with Crippen LogP contribution in [0.15, 0.2) is 36.4 Å². The summed E-state index contributed by atoms with van der Waals surface area (Å²) in [5.74, 6) is -0.205. The van der Waals surface area contributed by atoms with Crippen LogP contribution in [0.1, 0.15) is 40.9 Å². The Kier molecular flexibility index (Phi) is 6.01. The molecule has 1 atom stereocenters. The number of primary amides is 1. The van der Waals surface area contributed by atoms with Gasteiger partial charge in [-0.25, -0.2) is 0 Å². The number of nitrogens with one attached hydrogen (secondary N) is 2. The number of benzene rings is 2. The Morgan fingerprint density at radius 1 is 1.17 bits per heavy atom. The van der Waals surface area contributed by atoms with Crippen LogP contribution in [-0.4, -0.2) is 31.4 Å². The Bertz CT molecular complexity index is 957. The first-order valence-corrected chi connectivity index (χ1v) is 9.20. The highest BCUT2D eigenvalue weighted by Crippen LogP contribution is 2.29. The number of methoxy groups -OCH3 is 1. The molecule has 1 heterocycles. The molecule has 0 aliphatic carbocycles. The lowest BCUT2D eigenvalue weighted by Crippen LogP contribution is -2.27. The van der Waals surface area contributed by atoms with Crippen molar-refractivity contribution in [3.05, 3.63) is 53.1 Å². The molecule has 1 aliphatic rings. The van der Waals surface area contributed by atoms with Gasteiger partial charge in [0, 0.05) is 17.7 Å². The van der Waals surface area contributed by atoms with Crippen LogP contribution in [0.4, 0.5) is 5.69 Å². The first-order valence-electron chi connectivity index (χ1n) is 9.20. The smallest absolute Gasteiger partial charge is 0.255 e. The van der Waals surface area contributed by atoms with E-state index in [-0.39, 0.29) is 24.5 Å². The van der Waals surface area contributed by atoms with Crippen LogP contribution in [-0.2, 0) is 16.0 Å². The first kappa shape index (κ1) is 20.2. The third-order valence-electron chi connectivity index (χ3n) is 4.67. The maximum atomic E-state index is 12.7. The molecular formula is C21H23N3O5. The molecule has 2 aromatic carbocycles. The fraction of sp³-hybridized carbons (Fsp3) is 0.286. The number of aryl methyl sites for hydroxylation is 1. The predicted molar refractivity (Wildman–Crippen MR) is 107 cm³/mol. The van der Waals surface area contributed by atoms with Crippen molar-refractivity contribution in [2.45, 2.75) is 25.8 Å². The van der Waals surface area contributed by atoms with Crippen LogP contribution < -0.4 is 25.8 Å². The van der Waals surface area contributed by atoms with Crippen LogP contribution in [0.3, 0.4) is 0 Å². The van der Waals surface area contributed by atoms with Crippen LogP contribution in [0.25, 0.3) is 0 Å². The summed E-state index contributed by atoms with van der Waals surface area (Å²) in [4.78, 5) is 35.0. The maximum absolute atomic E-state index is 12.7. The molecule has 8 heteroatoms. The second-order valence-electron chi connectivity index (χ2n) is 6.78. The fourth-order valence-corrected chi connectivity index (χ4v) is 3.11. The zero-order chi connectivity index (χ0) is 21.0. The quantitative estimate of drug-likeness (QED) is 0.659. The number of hydrogen-bond acceptors (Lipinski definition) is 5. The van der Waals surface area contributed by atoms with Gasteiger partial charge in [0.15, 0.2) is 18.1 Å². The van der Waals surface area contributed by atoms with E-state index in [4.69, 9.17) is 15.2 Å². The van der Waals surface area contributed by atoms with E-state index >= 15 is 0 Å². The van der Waals surface area contributed by atoms with E-state index in [1.54, 1.807) is 18.2 Å². The van der Waals surface area contributed by atoms with Gasteiger partial charge in [-0.1, -0.05) is 12.1 Å². The molecule has 0 aromatic heterocycles. The molecule has 4 N–H and O–H groups in total. The second-order valence-corrected chi connectivity index (χ2v) is 6.78. The molecule has 29 heavy (non-hydrogen) atoms. The van der Waals surface area contributed by atoms with Crippen molar-refractivity contribution in [3.63, 3.8) is 0 Å². The first-order chi connectivity index (χ1) is 13.9. The van der Waals surface area contributed by atoms with Crippen molar-refractivity contribution in [1.29, 1.82) is 0 Å². The summed E-state index contributed by atoms with van der Waals surface area (Å²) in [5, 5.41) is 5.80. The monoisotopic (exact) mass is 397 g/mol. The standard InChI is InChI=1S/C21H23N3O5/c1-12(13-3-6-16-14(9-13)5-8-20(26)24-16)23-21(27)15-4-7-17(18(10-15)28-2)29-11-19(22)25/h3-4,6-7,9-10,12H,5,8,11H2,1-2H3,(H2,22,25)(H,23,27)(H,24,26). The summed E-state index contributed by atoms with van der Waals surface area (Å²) < 4.78 is 10.5. The van der Waals surface area contributed by atoms with E-state index in [0.29, 0.717) is 29.9 Å². The number of amides is 3. The van der Waals surface area contributed by atoms with E-state index in [0.717, 1.165) is 16.8 Å². The lowest BCUT2D eigenvalue weighted by molar-refractivity contribution is -0.120. The minimum absolute atomic E-state index is 0.0174. The summed E-state index contributed by atoms with van der Waals surface area (Å²) >= 11 is 0. The van der Waals surface area contributed by atoms with Crippen molar-refractivity contribution < 1.29 is 23.9 Å². The highest BCUT2D eigenvalue weighted by Gasteiger charge is 2.18. The molecule has 1 unspecified atom stereocenters. The molecule has 0 saturated carbocycles. The molecular weight excluding hydrogens is 374 g/mol. The maximum Gasteiger partial charge on any atom is 0.255 e. The van der Waals surface area contributed by atoms with Gasteiger partial charge in [-0.2, -0.15) is 0 Å². The average molecular weight is 397 g/mol. The van der Waals surface area contributed by atoms with Crippen molar-refractivity contribution >= 4 is 23.4 Å². The minimum Gasteiger partial charge on any atom is -0.493 e. The molecule has 3 amide bonds. The van der Waals surface area contributed by atoms with Crippen molar-refractivity contribution in [1.82, 2.24) is 5.32 Å². The fourth-order valence-electron chi connectivity index (χ4n) is 3.11. The SMILES string of the molecule is COc1cc(C(=O)NC(C)c2ccc3c(c2)CCC(=O)N3)ccc1OCC(N)=O. The van der Waals surface area contributed by atoms with E-state index in [1.807, 2.05) is 25.1 Å². The van der Waals surface area contributed by atoms with Crippen molar-refractivity contribution in [2.75, 3.05) is 19.0 Å². The van der Waals surface area contributed by atoms with E-state index in [9.17, 15) is 14.4 Å². The van der Waals surface area contributed by atoms with Gasteiger partial charge in [0.2, 0.25) is 5.91 Å². The molecule has 1 aliphatic heterocycles. The normalized spacial score (nSPS) is 13.7. The number of anilines is 1. The number of carbonyl (C=O) groups is 3. The zero-order valence-electron chi connectivity index (χ0n) is 16.3. The molecule has 3 rings (SSSR count). The van der Waals surface area contributed by atoms with Crippen LogP contribution >= 0.6 is 0 Å². The molecule has 8 nitrogen and oxygen atoms in total. The minimum atomic E-state index is -0.604. The van der Waals surface area contributed by atoms with Gasteiger partial charge in [0.1, 0.15) is 0 Å². The highest BCUT2D eigenvalue weighted by molar-refractivity contribution is 5.95. The highest BCUT2D eigenvalue weighted by atomic mass is 16.5. The molecule has 0 spiro atoms. The second kappa shape index (κ2) is 8.64. The Labute approximate surface area is 168 Å². The Balaban J connectivity index is 1.71. The van der Waals surface area contributed by atoms with Crippen LogP contribution in [0.5, 0.6) is 11.5 Å². The number of fused-ring (bicyclic) bond motifs is 1. The average Bonchev–Trinajstić information content (AvgIpc) is 2.71. The van der Waals surface area contributed by atoms with Gasteiger partial charge in [0.25, 0.3) is 11.8 Å². The Morgan fingerprint density at radius 2 is 1.97 bits per heavy atom. The number of carbonyl (C=O) groups excluding carboxylic acids is 3. The van der Waals surface area contributed by atoms with Crippen molar-refractivity contribution in [3.8, 4) is 11.5 Å². The van der Waals surface area contributed by atoms with Gasteiger partial charge >= 0.3 is 0 Å². The summed E-state index contributed by atoms with van der Waals surface area (Å²) in [6.45, 7) is 1.61. The molecule has 0 bridgehead atoms. The lowest BCUT2D eigenvalue weighted by Gasteiger charge is -2.20. The molecule has 0 radical (unpaired) electrons. The number of ether oxygens (including phenoxy) is 2. The molecule has 0 fully saturated rings. The largest absolute Gasteiger partial charge is 0.493 e. The number of hydrogen-bond donors (Lipinski definition) is 3. The van der Waals surface area contributed by atoms with E-state index in [2.05, 4.69) is 10.6 Å². The third-order valence-corrected chi connectivity index (χ3v) is 4.67. The molecule has 0 saturated heterocycles. The van der Waals surface area contributed by atoms with Crippen LogP contribution in [0, 0.1) is 0 Å². The number of rotatable bonds is 7. The Morgan fingerprint density at radius 3 is 2.69 bits per heavy atom. The predicted octanol–water partition coefficient (Wildman–Crippen LogP) is 1.93. The molecule has 152 valence electrons. The third kappa shape index (κ3) is 4.84. The topological polar surface area (TPSA) is 120 Å². The Hall–Kier alpha value is -3.55. The van der Waals surface area contributed by atoms with Gasteiger partial charge in [-0.3, -0.25) is 14.4 Å². The molecule has 2 aromatic rings. The van der Waals surface area contributed by atoms with Crippen LogP contribution in [0.2, 0.25) is 0 Å². The summed E-state index contributed by atoms with van der Waals surface area (Å²) in [6, 6.07) is 10.2. The van der Waals surface area contributed by atoms with Crippen molar-refractivity contribution in [2.24, 2.45) is 5.73 Å².